The Hall–Kier alpha value is -0.590. The van der Waals surface area contributed by atoms with Gasteiger partial charge in [0, 0.05) is 0 Å². The second-order valence-corrected chi connectivity index (χ2v) is 1.91. The molecule has 0 aromatic rings. The molecule has 0 radical (unpaired) electrons. The van der Waals surface area contributed by atoms with Gasteiger partial charge < -0.3 is 0 Å². The second kappa shape index (κ2) is 5.54. The molecule has 0 aliphatic rings. The fraction of sp³-hybridized carbons (Fsp3) is 0.500. The smallest absolute Gasteiger partial charge is 0.108 e. The molecule has 0 aliphatic heterocycles. The highest BCUT2D eigenvalue weighted by Crippen LogP contribution is 1.95. The summed E-state index contributed by atoms with van der Waals surface area (Å²) in [5.74, 6) is 0. The maximum atomic E-state index is 11.5. The first kappa shape index (κ1) is 8.41. The van der Waals surface area contributed by atoms with E-state index < -0.39 is 0 Å². The van der Waals surface area contributed by atoms with Gasteiger partial charge in [0.05, 0.1) is 0 Å². The van der Waals surface area contributed by atoms with Gasteiger partial charge in [-0.2, -0.15) is 0 Å². The summed E-state index contributed by atoms with van der Waals surface area (Å²) in [5, 5.41) is 0. The zero-order chi connectivity index (χ0) is 7.11. The van der Waals surface area contributed by atoms with Crippen LogP contribution in [0.25, 0.3) is 0 Å². The van der Waals surface area contributed by atoms with E-state index in [1.54, 1.807) is 6.08 Å². The summed E-state index contributed by atoms with van der Waals surface area (Å²) in [6, 6.07) is 0. The normalized spacial score (nSPS) is 13.0. The van der Waals surface area contributed by atoms with Gasteiger partial charge in [0.2, 0.25) is 0 Å². The third-order valence-corrected chi connectivity index (χ3v) is 0.996. The van der Waals surface area contributed by atoms with Crippen LogP contribution in [0.4, 0.5) is 4.39 Å². The molecular formula is C8H13F. The zero-order valence-electron chi connectivity index (χ0n) is 6.02. The van der Waals surface area contributed by atoms with Crippen LogP contribution in [0.3, 0.4) is 0 Å². The van der Waals surface area contributed by atoms with E-state index >= 15 is 0 Å². The third kappa shape index (κ3) is 5.28. The SMILES string of the molecule is CC/C=C(C)\C=C/CF. The van der Waals surface area contributed by atoms with E-state index in [0.29, 0.717) is 0 Å². The maximum absolute atomic E-state index is 11.5. The van der Waals surface area contributed by atoms with Crippen LogP contribution < -0.4 is 0 Å². The predicted octanol–water partition coefficient (Wildman–Crippen LogP) is 2.87. The van der Waals surface area contributed by atoms with Gasteiger partial charge in [-0.3, -0.25) is 0 Å². The Bertz CT molecular complexity index is 112. The molecule has 0 amide bonds. The van der Waals surface area contributed by atoms with E-state index in [1.165, 1.54) is 6.08 Å². The molecule has 0 aromatic heterocycles. The van der Waals surface area contributed by atoms with Crippen molar-refractivity contribution in [3.05, 3.63) is 23.8 Å². The minimum atomic E-state index is -0.366. The van der Waals surface area contributed by atoms with Gasteiger partial charge in [-0.15, -0.1) is 0 Å². The Morgan fingerprint density at radius 2 is 2.22 bits per heavy atom. The zero-order valence-corrected chi connectivity index (χ0v) is 6.02. The second-order valence-electron chi connectivity index (χ2n) is 1.91. The molecule has 0 atom stereocenters. The fourth-order valence-electron chi connectivity index (χ4n) is 0.620. The molecule has 0 spiro atoms. The predicted molar refractivity (Wildman–Crippen MR) is 39.2 cm³/mol. The van der Waals surface area contributed by atoms with Gasteiger partial charge in [-0.1, -0.05) is 30.7 Å². The number of hydrogen-bond acceptors (Lipinski definition) is 0. The number of rotatable bonds is 3. The molecule has 0 saturated carbocycles. The van der Waals surface area contributed by atoms with E-state index in [2.05, 4.69) is 13.0 Å². The minimum absolute atomic E-state index is 0.366. The number of allylic oxidation sites excluding steroid dienone is 4. The lowest BCUT2D eigenvalue weighted by Gasteiger charge is -1.86. The molecule has 0 rings (SSSR count). The van der Waals surface area contributed by atoms with Crippen molar-refractivity contribution < 1.29 is 4.39 Å². The van der Waals surface area contributed by atoms with Gasteiger partial charge >= 0.3 is 0 Å². The minimum Gasteiger partial charge on any atom is -0.247 e. The first-order valence-corrected chi connectivity index (χ1v) is 3.20. The van der Waals surface area contributed by atoms with Crippen molar-refractivity contribution in [2.45, 2.75) is 20.3 Å². The fourth-order valence-corrected chi connectivity index (χ4v) is 0.620. The van der Waals surface area contributed by atoms with E-state index in [9.17, 15) is 4.39 Å². The summed E-state index contributed by atoms with van der Waals surface area (Å²) >= 11 is 0. The molecule has 0 aliphatic carbocycles. The Morgan fingerprint density at radius 3 is 2.67 bits per heavy atom. The van der Waals surface area contributed by atoms with Crippen LogP contribution in [0.5, 0.6) is 0 Å². The molecule has 0 N–H and O–H groups in total. The highest BCUT2D eigenvalue weighted by atomic mass is 19.1. The Morgan fingerprint density at radius 1 is 1.56 bits per heavy atom. The van der Waals surface area contributed by atoms with Crippen molar-refractivity contribution in [1.82, 2.24) is 0 Å². The molecule has 0 heterocycles. The summed E-state index contributed by atoms with van der Waals surface area (Å²) in [7, 11) is 0. The molecule has 0 aromatic carbocycles. The van der Waals surface area contributed by atoms with E-state index in [-0.39, 0.29) is 6.67 Å². The van der Waals surface area contributed by atoms with Crippen molar-refractivity contribution in [2.75, 3.05) is 6.67 Å². The molecule has 0 saturated heterocycles. The van der Waals surface area contributed by atoms with Crippen molar-refractivity contribution in [3.63, 3.8) is 0 Å². The molecule has 0 nitrogen and oxygen atoms in total. The van der Waals surface area contributed by atoms with E-state index in [1.807, 2.05) is 6.92 Å². The van der Waals surface area contributed by atoms with E-state index in [0.717, 1.165) is 12.0 Å². The van der Waals surface area contributed by atoms with Crippen molar-refractivity contribution >= 4 is 0 Å². The van der Waals surface area contributed by atoms with Crippen molar-refractivity contribution in [3.8, 4) is 0 Å². The topological polar surface area (TPSA) is 0 Å². The van der Waals surface area contributed by atoms with Gasteiger partial charge in [-0.25, -0.2) is 4.39 Å². The van der Waals surface area contributed by atoms with Gasteiger partial charge in [0.1, 0.15) is 6.67 Å². The largest absolute Gasteiger partial charge is 0.247 e. The lowest BCUT2D eigenvalue weighted by atomic mass is 10.2. The van der Waals surface area contributed by atoms with Crippen LogP contribution in [-0.2, 0) is 0 Å². The molecule has 0 unspecified atom stereocenters. The highest BCUT2D eigenvalue weighted by molar-refractivity contribution is 5.15. The third-order valence-electron chi connectivity index (χ3n) is 0.996. The van der Waals surface area contributed by atoms with Crippen LogP contribution in [0.2, 0.25) is 0 Å². The molecule has 0 fully saturated rings. The van der Waals surface area contributed by atoms with Crippen LogP contribution in [0, 0.1) is 0 Å². The average Bonchev–Trinajstić information content (AvgIpc) is 1.85. The van der Waals surface area contributed by atoms with Crippen LogP contribution >= 0.6 is 0 Å². The Balaban J connectivity index is 3.60. The Labute approximate surface area is 56.1 Å². The lowest BCUT2D eigenvalue weighted by Crippen LogP contribution is -1.68. The number of halogens is 1. The first-order chi connectivity index (χ1) is 4.31. The quantitative estimate of drug-likeness (QED) is 0.513. The summed E-state index contributed by atoms with van der Waals surface area (Å²) in [6.45, 7) is 3.66. The van der Waals surface area contributed by atoms with E-state index in [4.69, 9.17) is 0 Å². The summed E-state index contributed by atoms with van der Waals surface area (Å²) in [6.07, 6.45) is 6.39. The maximum Gasteiger partial charge on any atom is 0.108 e. The lowest BCUT2D eigenvalue weighted by molar-refractivity contribution is 0.561. The summed E-state index contributed by atoms with van der Waals surface area (Å²) in [4.78, 5) is 0. The molecule has 52 valence electrons. The van der Waals surface area contributed by atoms with Crippen LogP contribution in [0.1, 0.15) is 20.3 Å². The molecule has 1 heteroatoms. The summed E-state index contributed by atoms with van der Waals surface area (Å²) in [5.41, 5.74) is 1.13. The highest BCUT2D eigenvalue weighted by Gasteiger charge is 1.76. The van der Waals surface area contributed by atoms with Crippen molar-refractivity contribution in [2.24, 2.45) is 0 Å². The standard InChI is InChI=1S/C8H13F/c1-3-5-8(2)6-4-7-9/h4-6H,3,7H2,1-2H3/b6-4-,8-5-. The average molecular weight is 128 g/mol. The number of hydrogen-bond donors (Lipinski definition) is 0. The van der Waals surface area contributed by atoms with Crippen LogP contribution in [0.15, 0.2) is 23.8 Å². The van der Waals surface area contributed by atoms with Gasteiger partial charge in [0.15, 0.2) is 0 Å². The molecule has 9 heavy (non-hydrogen) atoms. The van der Waals surface area contributed by atoms with Gasteiger partial charge in [0.25, 0.3) is 0 Å². The Kier molecular flexibility index (Phi) is 5.18. The summed E-state index contributed by atoms with van der Waals surface area (Å²) < 4.78 is 11.5. The van der Waals surface area contributed by atoms with Gasteiger partial charge in [-0.05, 0) is 13.3 Å². The van der Waals surface area contributed by atoms with Crippen LogP contribution in [-0.4, -0.2) is 6.67 Å². The monoisotopic (exact) mass is 128 g/mol. The van der Waals surface area contributed by atoms with Crippen molar-refractivity contribution in [1.29, 1.82) is 0 Å². The number of alkyl halides is 1. The first-order valence-electron chi connectivity index (χ1n) is 3.20. The molecule has 0 bridgehead atoms. The molecular weight excluding hydrogens is 115 g/mol.